The van der Waals surface area contributed by atoms with Crippen LogP contribution in [0, 0.1) is 0 Å². The third kappa shape index (κ3) is 4.61. The van der Waals surface area contributed by atoms with Gasteiger partial charge in [0, 0.05) is 11.4 Å². The topological polar surface area (TPSA) is 89.8 Å². The largest absolute Gasteiger partial charge is 0.416 e. The van der Waals surface area contributed by atoms with E-state index in [0.717, 1.165) is 12.1 Å². The summed E-state index contributed by atoms with van der Waals surface area (Å²) in [5.74, 6) is -0.534. The van der Waals surface area contributed by atoms with Gasteiger partial charge >= 0.3 is 11.9 Å². The Labute approximate surface area is 174 Å². The summed E-state index contributed by atoms with van der Waals surface area (Å²) >= 11 is 0. The summed E-state index contributed by atoms with van der Waals surface area (Å²) in [5.41, 5.74) is 1.17. The molecule has 31 heavy (non-hydrogen) atoms. The van der Waals surface area contributed by atoms with Crippen LogP contribution in [-0.4, -0.2) is 15.9 Å². The van der Waals surface area contributed by atoms with Crippen molar-refractivity contribution in [3.8, 4) is 0 Å². The highest BCUT2D eigenvalue weighted by molar-refractivity contribution is 5.97. The Hall–Kier alpha value is -4.01. The van der Waals surface area contributed by atoms with E-state index >= 15 is 0 Å². The van der Waals surface area contributed by atoms with Crippen LogP contribution in [0.4, 0.5) is 24.5 Å². The summed E-state index contributed by atoms with van der Waals surface area (Å²) in [6, 6.07) is 17.4. The molecule has 0 aliphatic rings. The van der Waals surface area contributed by atoms with Gasteiger partial charge < -0.3 is 20.6 Å². The third-order valence-electron chi connectivity index (χ3n) is 4.68. The van der Waals surface area contributed by atoms with Gasteiger partial charge in [-0.05, 0) is 42.0 Å². The Bertz CT molecular complexity index is 1280. The molecule has 0 aliphatic carbocycles. The van der Waals surface area contributed by atoms with Gasteiger partial charge in [-0.2, -0.15) is 13.2 Å². The number of amides is 1. The Balaban J connectivity index is 1.63. The van der Waals surface area contributed by atoms with Crippen molar-refractivity contribution in [3.63, 3.8) is 0 Å². The highest BCUT2D eigenvalue weighted by Crippen LogP contribution is 2.31. The molecule has 4 rings (SSSR count). The number of benzene rings is 3. The molecule has 1 heterocycles. The van der Waals surface area contributed by atoms with E-state index < -0.39 is 23.7 Å². The van der Waals surface area contributed by atoms with Crippen molar-refractivity contribution in [2.45, 2.75) is 12.2 Å². The van der Waals surface area contributed by atoms with Gasteiger partial charge in [0.15, 0.2) is 0 Å². The smallest absolute Gasteiger partial charge is 0.370 e. The van der Waals surface area contributed by atoms with Crippen LogP contribution < -0.4 is 16.3 Å². The molecule has 0 unspecified atom stereocenters. The Morgan fingerprint density at radius 2 is 1.58 bits per heavy atom. The Kier molecular flexibility index (Phi) is 5.24. The molecule has 0 aliphatic heterocycles. The molecule has 0 fully saturated rings. The Morgan fingerprint density at radius 1 is 0.839 bits per heavy atom. The first-order valence-electron chi connectivity index (χ1n) is 9.31. The minimum atomic E-state index is -4.51. The van der Waals surface area contributed by atoms with Crippen LogP contribution in [0.5, 0.6) is 0 Å². The first kappa shape index (κ1) is 20.3. The number of halogens is 3. The van der Waals surface area contributed by atoms with Crippen molar-refractivity contribution in [2.75, 3.05) is 10.6 Å². The van der Waals surface area contributed by atoms with Gasteiger partial charge in [0.1, 0.15) is 6.04 Å². The van der Waals surface area contributed by atoms with E-state index in [9.17, 15) is 22.8 Å². The number of anilines is 2. The summed E-state index contributed by atoms with van der Waals surface area (Å²) in [6.45, 7) is 0. The highest BCUT2D eigenvalue weighted by Gasteiger charge is 2.30. The van der Waals surface area contributed by atoms with E-state index in [-0.39, 0.29) is 11.4 Å². The molecule has 1 amide bonds. The number of aromatic amines is 2. The lowest BCUT2D eigenvalue weighted by molar-refractivity contribution is -0.137. The van der Waals surface area contributed by atoms with Crippen molar-refractivity contribution in [3.05, 3.63) is 94.4 Å². The summed E-state index contributed by atoms with van der Waals surface area (Å²) in [4.78, 5) is 29.8. The lowest BCUT2D eigenvalue weighted by atomic mass is 10.1. The van der Waals surface area contributed by atoms with E-state index in [4.69, 9.17) is 0 Å². The van der Waals surface area contributed by atoms with E-state index in [2.05, 4.69) is 20.6 Å². The molecule has 0 bridgehead atoms. The molecular formula is C22H17F3N4O2. The summed E-state index contributed by atoms with van der Waals surface area (Å²) in [5, 5.41) is 5.64. The van der Waals surface area contributed by atoms with Crippen LogP contribution in [0.2, 0.25) is 0 Å². The second kappa shape index (κ2) is 8.02. The number of rotatable bonds is 5. The molecule has 4 aromatic rings. The lowest BCUT2D eigenvalue weighted by Gasteiger charge is -2.20. The number of carbonyl (C=O) groups excluding carboxylic acids is 1. The maximum absolute atomic E-state index is 13.0. The first-order valence-corrected chi connectivity index (χ1v) is 9.31. The molecular weight excluding hydrogens is 409 g/mol. The molecule has 1 atom stereocenters. The standard InChI is InChI=1S/C22H17F3N4O2/c23-22(24,25)14-7-4-8-15(11-14)27-20(30)19(13-5-2-1-3-6-13)26-16-9-10-17-18(12-16)29-21(31)28-17/h1-12,19,26H,(H,27,30)(H2,28,29,31)/t19-/m0/s1. The van der Waals surface area contributed by atoms with Gasteiger partial charge in [-0.1, -0.05) is 36.4 Å². The van der Waals surface area contributed by atoms with Crippen LogP contribution in [0.15, 0.2) is 77.6 Å². The van der Waals surface area contributed by atoms with Crippen molar-refractivity contribution < 1.29 is 18.0 Å². The number of nitrogens with one attached hydrogen (secondary N) is 4. The number of aromatic nitrogens is 2. The van der Waals surface area contributed by atoms with Gasteiger partial charge in [-0.25, -0.2) is 4.79 Å². The highest BCUT2D eigenvalue weighted by atomic mass is 19.4. The summed E-state index contributed by atoms with van der Waals surface area (Å²) < 4.78 is 39.0. The van der Waals surface area contributed by atoms with Gasteiger partial charge in [0.05, 0.1) is 16.6 Å². The number of alkyl halides is 3. The Morgan fingerprint density at radius 3 is 2.32 bits per heavy atom. The fourth-order valence-electron chi connectivity index (χ4n) is 3.22. The molecule has 9 heteroatoms. The fraction of sp³-hybridized carbons (Fsp3) is 0.0909. The van der Waals surface area contributed by atoms with Crippen molar-refractivity contribution in [2.24, 2.45) is 0 Å². The van der Waals surface area contributed by atoms with Crippen molar-refractivity contribution in [1.82, 2.24) is 9.97 Å². The van der Waals surface area contributed by atoms with E-state index in [0.29, 0.717) is 22.3 Å². The maximum atomic E-state index is 13.0. The zero-order valence-electron chi connectivity index (χ0n) is 16.0. The van der Waals surface area contributed by atoms with Crippen molar-refractivity contribution in [1.29, 1.82) is 0 Å². The molecule has 3 aromatic carbocycles. The number of hydrogen-bond donors (Lipinski definition) is 4. The van der Waals surface area contributed by atoms with E-state index in [1.807, 2.05) is 0 Å². The van der Waals surface area contributed by atoms with Gasteiger partial charge in [-0.3, -0.25) is 4.79 Å². The van der Waals surface area contributed by atoms with Crippen LogP contribution in [-0.2, 0) is 11.0 Å². The normalized spacial score (nSPS) is 12.5. The molecule has 1 aromatic heterocycles. The summed E-state index contributed by atoms with van der Waals surface area (Å²) in [6.07, 6.45) is -4.51. The van der Waals surface area contributed by atoms with Crippen LogP contribution in [0.1, 0.15) is 17.2 Å². The van der Waals surface area contributed by atoms with Gasteiger partial charge in [0.2, 0.25) is 0 Å². The minimum absolute atomic E-state index is 0.0352. The van der Waals surface area contributed by atoms with Crippen LogP contribution in [0.25, 0.3) is 11.0 Å². The predicted molar refractivity (Wildman–Crippen MR) is 112 cm³/mol. The fourth-order valence-corrected chi connectivity index (χ4v) is 3.22. The molecule has 0 spiro atoms. The van der Waals surface area contributed by atoms with Crippen LogP contribution >= 0.6 is 0 Å². The maximum Gasteiger partial charge on any atom is 0.416 e. The number of hydrogen-bond acceptors (Lipinski definition) is 3. The van der Waals surface area contributed by atoms with E-state index in [1.165, 1.54) is 12.1 Å². The molecule has 0 radical (unpaired) electrons. The third-order valence-corrected chi connectivity index (χ3v) is 4.68. The van der Waals surface area contributed by atoms with Crippen LogP contribution in [0.3, 0.4) is 0 Å². The molecule has 0 saturated heterocycles. The van der Waals surface area contributed by atoms with Crippen molar-refractivity contribution >= 4 is 28.3 Å². The molecule has 158 valence electrons. The molecule has 0 saturated carbocycles. The molecule has 4 N–H and O–H groups in total. The second-order valence-corrected chi connectivity index (χ2v) is 6.90. The molecule has 6 nitrogen and oxygen atoms in total. The monoisotopic (exact) mass is 426 g/mol. The first-order chi connectivity index (χ1) is 14.8. The number of fused-ring (bicyclic) bond motifs is 1. The lowest BCUT2D eigenvalue weighted by Crippen LogP contribution is -2.27. The number of imidazole rings is 1. The SMILES string of the molecule is O=C(Nc1cccc(C(F)(F)F)c1)[C@@H](Nc1ccc2[nH]c(=O)[nH]c2c1)c1ccccc1. The number of carbonyl (C=O) groups is 1. The average Bonchev–Trinajstić information content (AvgIpc) is 3.11. The quantitative estimate of drug-likeness (QED) is 0.374. The summed E-state index contributed by atoms with van der Waals surface area (Å²) in [7, 11) is 0. The van der Waals surface area contributed by atoms with Gasteiger partial charge in [-0.15, -0.1) is 0 Å². The zero-order chi connectivity index (χ0) is 22.0. The zero-order valence-corrected chi connectivity index (χ0v) is 16.0. The minimum Gasteiger partial charge on any atom is -0.370 e. The average molecular weight is 426 g/mol. The second-order valence-electron chi connectivity index (χ2n) is 6.90. The van der Waals surface area contributed by atoms with E-state index in [1.54, 1.807) is 48.5 Å². The van der Waals surface area contributed by atoms with Gasteiger partial charge in [0.25, 0.3) is 5.91 Å². The number of H-pyrrole nitrogens is 2. The predicted octanol–water partition coefficient (Wildman–Crippen LogP) is 4.67.